The third kappa shape index (κ3) is 3.91. The molecule has 8 heteroatoms. The number of hydrogen-bond acceptors (Lipinski definition) is 6. The minimum absolute atomic E-state index is 0.0404. The van der Waals surface area contributed by atoms with Crippen molar-refractivity contribution in [1.29, 1.82) is 0 Å². The summed E-state index contributed by atoms with van der Waals surface area (Å²) in [6, 6.07) is 0. The first kappa shape index (κ1) is 20.4. The molecule has 1 aromatic heterocycles. The maximum absolute atomic E-state index is 12.7. The summed E-state index contributed by atoms with van der Waals surface area (Å²) >= 11 is 0. The molecule has 2 heterocycles. The lowest BCUT2D eigenvalue weighted by atomic mass is 9.76. The van der Waals surface area contributed by atoms with Gasteiger partial charge in [-0.1, -0.05) is 20.8 Å². The van der Waals surface area contributed by atoms with Gasteiger partial charge in [-0.05, 0) is 39.5 Å². The lowest BCUT2D eigenvalue weighted by Gasteiger charge is -2.46. The van der Waals surface area contributed by atoms with Gasteiger partial charge < -0.3 is 10.1 Å². The smallest absolute Gasteiger partial charge is 0.313 e. The summed E-state index contributed by atoms with van der Waals surface area (Å²) in [5, 5.41) is 5.88. The summed E-state index contributed by atoms with van der Waals surface area (Å²) < 4.78 is 5.90. The molecule has 1 aliphatic carbocycles. The molecular weight excluding hydrogens is 360 g/mol. The van der Waals surface area contributed by atoms with Crippen molar-refractivity contribution in [3.8, 4) is 0 Å². The van der Waals surface area contributed by atoms with E-state index in [4.69, 9.17) is 4.74 Å². The van der Waals surface area contributed by atoms with E-state index in [1.807, 2.05) is 20.8 Å². The Morgan fingerprint density at radius 1 is 1.18 bits per heavy atom. The third-order valence-electron chi connectivity index (χ3n) is 5.23. The first-order valence-electron chi connectivity index (χ1n) is 9.78. The molecule has 2 unspecified atom stereocenters. The Morgan fingerprint density at radius 2 is 1.86 bits per heavy atom. The van der Waals surface area contributed by atoms with Crippen LogP contribution in [0.15, 0.2) is 4.79 Å². The van der Waals surface area contributed by atoms with E-state index in [1.165, 1.54) is 0 Å². The number of anilines is 2. The van der Waals surface area contributed by atoms with Crippen molar-refractivity contribution in [3.05, 3.63) is 15.9 Å². The fourth-order valence-corrected chi connectivity index (χ4v) is 3.57. The van der Waals surface area contributed by atoms with E-state index in [-0.39, 0.29) is 29.3 Å². The maximum atomic E-state index is 12.7. The van der Waals surface area contributed by atoms with Crippen molar-refractivity contribution in [2.24, 2.45) is 10.8 Å². The van der Waals surface area contributed by atoms with Crippen LogP contribution in [0.5, 0.6) is 0 Å². The third-order valence-corrected chi connectivity index (χ3v) is 5.23. The van der Waals surface area contributed by atoms with Crippen LogP contribution >= 0.6 is 0 Å². The molecule has 1 amide bonds. The number of hydrogen-bond donors (Lipinski definition) is 3. The van der Waals surface area contributed by atoms with Gasteiger partial charge in [-0.3, -0.25) is 24.7 Å². The largest absolute Gasteiger partial charge is 0.439 e. The summed E-state index contributed by atoms with van der Waals surface area (Å²) in [5.41, 5.74) is -1.83. The predicted molar refractivity (Wildman–Crippen MR) is 106 cm³/mol. The molecule has 0 radical (unpaired) electrons. The molecule has 2 atom stereocenters. The molecule has 0 saturated heterocycles. The lowest BCUT2D eigenvalue weighted by Crippen LogP contribution is -2.52. The normalized spacial score (nSPS) is 24.0. The summed E-state index contributed by atoms with van der Waals surface area (Å²) in [4.78, 5) is 44.6. The van der Waals surface area contributed by atoms with Gasteiger partial charge in [0.1, 0.15) is 5.82 Å². The van der Waals surface area contributed by atoms with Gasteiger partial charge in [0, 0.05) is 18.3 Å². The highest BCUT2D eigenvalue weighted by molar-refractivity contribution is 5.93. The van der Waals surface area contributed by atoms with Crippen LogP contribution in [0.2, 0.25) is 0 Å². The van der Waals surface area contributed by atoms with Crippen LogP contribution in [0.3, 0.4) is 0 Å². The van der Waals surface area contributed by atoms with E-state index in [2.05, 4.69) is 20.6 Å². The van der Waals surface area contributed by atoms with E-state index >= 15 is 0 Å². The highest BCUT2D eigenvalue weighted by atomic mass is 16.6. The molecule has 2 bridgehead atoms. The molecule has 1 aromatic rings. The number of carbonyl (C=O) groups excluding carboxylic acids is 2. The van der Waals surface area contributed by atoms with Crippen molar-refractivity contribution in [2.75, 3.05) is 10.6 Å². The monoisotopic (exact) mass is 390 g/mol. The highest BCUT2D eigenvalue weighted by Crippen LogP contribution is 2.46. The van der Waals surface area contributed by atoms with Crippen LogP contribution in [-0.4, -0.2) is 27.6 Å². The summed E-state index contributed by atoms with van der Waals surface area (Å²) in [6.45, 7) is 10.8. The number of rotatable bonds is 2. The van der Waals surface area contributed by atoms with Gasteiger partial charge in [0.25, 0.3) is 5.56 Å². The zero-order valence-electron chi connectivity index (χ0n) is 17.5. The van der Waals surface area contributed by atoms with E-state index < -0.39 is 16.6 Å². The fourth-order valence-electron chi connectivity index (χ4n) is 3.57. The van der Waals surface area contributed by atoms with E-state index in [1.54, 1.807) is 20.8 Å². The van der Waals surface area contributed by atoms with Gasteiger partial charge in [-0.25, -0.2) is 0 Å². The molecule has 1 fully saturated rings. The molecule has 8 nitrogen and oxygen atoms in total. The minimum Gasteiger partial charge on any atom is -0.439 e. The van der Waals surface area contributed by atoms with Gasteiger partial charge >= 0.3 is 5.97 Å². The van der Waals surface area contributed by atoms with Crippen LogP contribution in [0.1, 0.15) is 78.7 Å². The number of nitrogens with one attached hydrogen (secondary N) is 3. The van der Waals surface area contributed by atoms with Crippen molar-refractivity contribution < 1.29 is 14.3 Å². The topological polar surface area (TPSA) is 113 Å². The van der Waals surface area contributed by atoms with E-state index in [0.29, 0.717) is 24.2 Å². The molecular formula is C20H30N4O4. The van der Waals surface area contributed by atoms with Crippen LogP contribution < -0.4 is 16.2 Å². The second-order valence-electron chi connectivity index (χ2n) is 9.93. The molecule has 2 aliphatic rings. The molecule has 154 valence electrons. The highest BCUT2D eigenvalue weighted by Gasteiger charge is 2.47. The molecule has 0 aromatic carbocycles. The quantitative estimate of drug-likeness (QED) is 0.669. The lowest BCUT2D eigenvalue weighted by molar-refractivity contribution is -0.170. The average Bonchev–Trinajstić information content (AvgIpc) is 2.52. The van der Waals surface area contributed by atoms with Crippen molar-refractivity contribution >= 4 is 23.6 Å². The van der Waals surface area contributed by atoms with Gasteiger partial charge in [0.15, 0.2) is 5.72 Å². The number of ether oxygens (including phenoxy) is 1. The minimum atomic E-state index is -0.869. The fraction of sp³-hybridized carbons (Fsp3) is 0.700. The Balaban J connectivity index is 1.95. The number of nitrogens with zero attached hydrogens (tertiary/aromatic N) is 1. The van der Waals surface area contributed by atoms with Crippen molar-refractivity contribution in [1.82, 2.24) is 9.97 Å². The SMILES string of the molecule is CC(C)(C)C(=O)Nc1nc2c(c(=O)[nH]1)C1CCCC(OC(=O)C(C)(C)C)(C1)N2. The summed E-state index contributed by atoms with van der Waals surface area (Å²) in [7, 11) is 0. The zero-order chi connectivity index (χ0) is 20.9. The number of H-pyrrole nitrogens is 1. The number of aromatic nitrogens is 2. The van der Waals surface area contributed by atoms with Gasteiger partial charge in [-0.2, -0.15) is 4.98 Å². The summed E-state index contributed by atoms with van der Waals surface area (Å²) in [6.07, 6.45) is 2.88. The van der Waals surface area contributed by atoms with E-state index in [0.717, 1.165) is 12.8 Å². The predicted octanol–water partition coefficient (Wildman–Crippen LogP) is 3.12. The number of fused-ring (bicyclic) bond motifs is 4. The van der Waals surface area contributed by atoms with Crippen LogP contribution in [0.25, 0.3) is 0 Å². The van der Waals surface area contributed by atoms with E-state index in [9.17, 15) is 14.4 Å². The number of amides is 1. The Kier molecular flexibility index (Phi) is 4.80. The van der Waals surface area contributed by atoms with Gasteiger partial charge in [-0.15, -0.1) is 0 Å². The van der Waals surface area contributed by atoms with Crippen LogP contribution in [-0.2, 0) is 14.3 Å². The molecule has 3 rings (SSSR count). The first-order chi connectivity index (χ1) is 12.8. The second-order valence-corrected chi connectivity index (χ2v) is 9.93. The Bertz CT molecular complexity index is 862. The number of aromatic amines is 1. The Labute approximate surface area is 164 Å². The molecule has 1 aliphatic heterocycles. The molecule has 28 heavy (non-hydrogen) atoms. The standard InChI is InChI=1S/C20H30N4O4/c1-18(2,3)15(26)23-17-21-13-12(14(25)22-17)11-8-7-9-20(10-11,24-13)28-16(27)19(4,5)6/h11H,7-10H2,1-6H3,(H3,21,22,23,24,25,26). The maximum Gasteiger partial charge on any atom is 0.313 e. The average molecular weight is 390 g/mol. The molecule has 0 spiro atoms. The van der Waals surface area contributed by atoms with Gasteiger partial charge in [0.05, 0.1) is 11.0 Å². The van der Waals surface area contributed by atoms with Crippen LogP contribution in [0, 0.1) is 10.8 Å². The second kappa shape index (κ2) is 6.60. The first-order valence-corrected chi connectivity index (χ1v) is 9.78. The Morgan fingerprint density at radius 3 is 2.46 bits per heavy atom. The molecule has 3 N–H and O–H groups in total. The number of carbonyl (C=O) groups is 2. The Hall–Kier alpha value is -2.38. The number of esters is 1. The van der Waals surface area contributed by atoms with Crippen LogP contribution in [0.4, 0.5) is 11.8 Å². The summed E-state index contributed by atoms with van der Waals surface area (Å²) in [5.74, 6) is -0.115. The zero-order valence-corrected chi connectivity index (χ0v) is 17.5. The van der Waals surface area contributed by atoms with Crippen molar-refractivity contribution in [3.63, 3.8) is 0 Å². The van der Waals surface area contributed by atoms with Crippen molar-refractivity contribution in [2.45, 2.75) is 78.9 Å². The molecule has 1 saturated carbocycles. The van der Waals surface area contributed by atoms with Gasteiger partial charge in [0.2, 0.25) is 11.9 Å².